The number of imidazole rings is 4. The zero-order valence-corrected chi connectivity index (χ0v) is 72.7. The lowest BCUT2D eigenvalue weighted by molar-refractivity contribution is -0.140. The van der Waals surface area contributed by atoms with Crippen molar-refractivity contribution < 1.29 is 38.2 Å². The van der Waals surface area contributed by atoms with Crippen molar-refractivity contribution in [1.82, 2.24) is 79.9 Å². The quantitative estimate of drug-likeness (QED) is 0.0347. The summed E-state index contributed by atoms with van der Waals surface area (Å²) < 4.78 is 9.68. The highest BCUT2D eigenvalue weighted by Crippen LogP contribution is 2.59. The van der Waals surface area contributed by atoms with Gasteiger partial charge in [-0.05, 0) is 207 Å². The number of likely N-dealkylation sites (N-methyl/N-ethyl adjacent to an activating group) is 2. The van der Waals surface area contributed by atoms with Crippen molar-refractivity contribution in [2.45, 2.75) is 218 Å². The molecular weight excluding hydrogens is 1550 g/mol. The third-order valence-electron chi connectivity index (χ3n) is 29.4. The number of aromatic amines is 4. The minimum absolute atomic E-state index is 0.0365. The Morgan fingerprint density at radius 1 is 0.395 bits per heavy atom. The average Bonchev–Trinajstić information content (AvgIpc) is 1.57. The number of hydrogen-bond acceptors (Lipinski definition) is 14. The van der Waals surface area contributed by atoms with Gasteiger partial charge in [0.15, 0.2) is 0 Å². The summed E-state index contributed by atoms with van der Waals surface area (Å²) in [5.41, 5.74) is 22.4. The van der Waals surface area contributed by atoms with Crippen molar-refractivity contribution in [2.24, 2.45) is 35.5 Å². The molecule has 24 heteroatoms. The molecule has 7 aliphatic carbocycles. The number of aromatic nitrogens is 8. The Hall–Kier alpha value is -11.5. The van der Waals surface area contributed by atoms with E-state index in [0.717, 1.165) is 218 Å². The lowest BCUT2D eigenvalue weighted by atomic mass is 9.87. The molecule has 4 saturated carbocycles. The maximum atomic E-state index is 14.7. The fourth-order valence-corrected chi connectivity index (χ4v) is 22.4. The molecule has 6 N–H and O–H groups in total. The van der Waals surface area contributed by atoms with E-state index < -0.39 is 24.3 Å². The molecule has 0 bridgehead atoms. The van der Waals surface area contributed by atoms with E-state index in [1.807, 2.05) is 80.1 Å². The summed E-state index contributed by atoms with van der Waals surface area (Å²) in [5, 5.41) is 5.55. The summed E-state index contributed by atoms with van der Waals surface area (Å²) in [4.78, 5) is 130. The molecule has 21 rings (SSSR count). The topological polar surface area (TPSA) is 279 Å². The Morgan fingerprint density at radius 2 is 0.718 bits per heavy atom. The molecule has 8 fully saturated rings. The number of hydrogen-bond donors (Lipinski definition) is 6. The Balaban J connectivity index is 0.000000157. The van der Waals surface area contributed by atoms with Gasteiger partial charge in [-0.3, -0.25) is 29.0 Å². The molecule has 0 radical (unpaired) electrons. The lowest BCUT2D eigenvalue weighted by Crippen LogP contribution is -2.52. The van der Waals surface area contributed by atoms with Gasteiger partial charge in [0.2, 0.25) is 23.6 Å². The number of benzene rings is 6. The molecule has 6 aromatic carbocycles. The first kappa shape index (κ1) is 80.9. The van der Waals surface area contributed by atoms with Gasteiger partial charge in [0, 0.05) is 57.9 Å². The third kappa shape index (κ3) is 14.6. The van der Waals surface area contributed by atoms with E-state index in [1.165, 1.54) is 47.7 Å². The van der Waals surface area contributed by atoms with E-state index in [-0.39, 0.29) is 83.8 Å². The number of alkyl carbamates (subject to hydrolysis) is 2. The zero-order chi connectivity index (χ0) is 85.4. The fraction of sp³-hybridized carbons (Fsp3) is 0.460. The summed E-state index contributed by atoms with van der Waals surface area (Å²) in [6.07, 6.45) is 13.8. The van der Waals surface area contributed by atoms with Gasteiger partial charge in [0.05, 0.1) is 67.4 Å². The molecule has 0 spiro atoms. The molecule has 124 heavy (non-hydrogen) atoms. The second-order valence-electron chi connectivity index (χ2n) is 37.2. The molecule has 10 aromatic rings. The minimum Gasteiger partial charge on any atom is -0.453 e. The molecule has 4 saturated heterocycles. The number of H-pyrrole nitrogens is 4. The van der Waals surface area contributed by atoms with Gasteiger partial charge in [-0.15, -0.1) is 0 Å². The van der Waals surface area contributed by atoms with Crippen LogP contribution in [0.1, 0.15) is 211 Å². The highest BCUT2D eigenvalue weighted by atomic mass is 16.5. The summed E-state index contributed by atoms with van der Waals surface area (Å²) in [6, 6.07) is 48.1. The molecule has 11 aliphatic rings. The van der Waals surface area contributed by atoms with Crippen molar-refractivity contribution in [1.29, 1.82) is 0 Å². The largest absolute Gasteiger partial charge is 0.453 e. The van der Waals surface area contributed by atoms with Crippen LogP contribution in [0.15, 0.2) is 146 Å². The average molecular weight is 1670 g/mol. The maximum absolute atomic E-state index is 14.7. The van der Waals surface area contributed by atoms with Crippen molar-refractivity contribution in [3.8, 4) is 67.3 Å². The molecular formula is C100H114N16O8. The minimum atomic E-state index is -0.669. The van der Waals surface area contributed by atoms with Gasteiger partial charge in [0.1, 0.15) is 47.5 Å². The number of nitrogens with one attached hydrogen (secondary N) is 6. The molecule has 4 aromatic heterocycles. The first-order chi connectivity index (χ1) is 60.3. The first-order valence-corrected chi connectivity index (χ1v) is 45.7. The lowest BCUT2D eigenvalue weighted by Gasteiger charge is -2.35. The molecule has 0 unspecified atom stereocenters. The van der Waals surface area contributed by atoms with Crippen molar-refractivity contribution in [3.05, 3.63) is 214 Å². The normalized spacial score (nSPS) is 24.3. The number of ether oxygens (including phenoxy) is 2. The van der Waals surface area contributed by atoms with Crippen LogP contribution < -0.4 is 10.6 Å². The second kappa shape index (κ2) is 32.6. The summed E-state index contributed by atoms with van der Waals surface area (Å²) in [6.45, 7) is 19.6. The highest BCUT2D eigenvalue weighted by molar-refractivity contribution is 5.90. The number of nitrogens with zero attached hydrogens (tertiary/aromatic N) is 10. The van der Waals surface area contributed by atoms with Crippen LogP contribution in [0.5, 0.6) is 0 Å². The van der Waals surface area contributed by atoms with Gasteiger partial charge in [-0.1, -0.05) is 195 Å². The first-order valence-electron chi connectivity index (χ1n) is 45.7. The van der Waals surface area contributed by atoms with Crippen LogP contribution in [0.4, 0.5) is 9.59 Å². The molecule has 6 amide bonds. The predicted octanol–water partition coefficient (Wildman–Crippen LogP) is 16.1. The van der Waals surface area contributed by atoms with Gasteiger partial charge >= 0.3 is 12.2 Å². The van der Waals surface area contributed by atoms with Crippen LogP contribution in [0, 0.1) is 35.5 Å². The van der Waals surface area contributed by atoms with E-state index in [9.17, 15) is 28.8 Å². The van der Waals surface area contributed by atoms with Crippen molar-refractivity contribution in [2.75, 3.05) is 40.4 Å². The Bertz CT molecular complexity index is 5600. The monoisotopic (exact) mass is 1670 g/mol. The van der Waals surface area contributed by atoms with Crippen LogP contribution in [0.2, 0.25) is 0 Å². The number of likely N-dealkylation sites (tertiary alicyclic amines) is 4. The number of carbonyl (C=O) groups is 6. The number of rotatable bonds is 23. The van der Waals surface area contributed by atoms with E-state index in [0.29, 0.717) is 35.8 Å². The van der Waals surface area contributed by atoms with Crippen LogP contribution >= 0.6 is 0 Å². The molecule has 4 aliphatic heterocycles. The summed E-state index contributed by atoms with van der Waals surface area (Å²) in [5.74, 6) is 5.54. The molecule has 24 nitrogen and oxygen atoms in total. The van der Waals surface area contributed by atoms with E-state index >= 15 is 0 Å². The van der Waals surface area contributed by atoms with Crippen LogP contribution in [0.3, 0.4) is 0 Å². The van der Waals surface area contributed by atoms with Crippen molar-refractivity contribution >= 4 is 35.8 Å². The van der Waals surface area contributed by atoms with Gasteiger partial charge < -0.3 is 59.6 Å². The predicted molar refractivity (Wildman–Crippen MR) is 473 cm³/mol. The van der Waals surface area contributed by atoms with Crippen LogP contribution in [-0.4, -0.2) is 182 Å². The summed E-state index contributed by atoms with van der Waals surface area (Å²) >= 11 is 0. The molecule has 642 valence electrons. The van der Waals surface area contributed by atoms with E-state index in [4.69, 9.17) is 29.4 Å². The molecule has 8 heterocycles. The number of carbonyl (C=O) groups excluding carboxylic acids is 6. The number of methoxy groups -OCH3 is 2. The summed E-state index contributed by atoms with van der Waals surface area (Å²) in [7, 11) is 2.63. The fourth-order valence-electron chi connectivity index (χ4n) is 22.4. The van der Waals surface area contributed by atoms with Crippen LogP contribution in [-0.2, 0) is 67.2 Å². The SMILES string of the molecule is CCN(CC)[C@@H](C(=O)N1[C@@H]2C[C@@H]2C[C@H]1c1ncc(-c2ccc(-c3ccc4c(c3)CCc3[nH]c([C@@H]5C[C@H]6C[C@H]6N5C(=O)[C@@H](c5ccccc5)N(CC)CC)nc3-4)cc2)[nH]1)c1ccccc1.COC(=O)N[C@H](C(=O)N1[C@@H]2C[C@@H]2C[C@H]1c1nc2c([nH]1)CCc1cc(-c3ccc4c(c3)CCc3[nH]c([C@@H]5C[C@H]6C[C@H]6N5C(=O)[C@@H](NC(=O)OC)C(C)C)nc3-4)ccc1-2)C(C)C. The van der Waals surface area contributed by atoms with Gasteiger partial charge in [-0.2, -0.15) is 0 Å². The number of aryl methyl sites for hydroxylation is 6. The zero-order valence-electron chi connectivity index (χ0n) is 72.7. The number of amides is 6. The third-order valence-corrected chi connectivity index (χ3v) is 29.4. The molecule has 16 atom stereocenters. The second-order valence-corrected chi connectivity index (χ2v) is 37.2. The van der Waals surface area contributed by atoms with E-state index in [2.05, 4.69) is 181 Å². The Morgan fingerprint density at radius 3 is 1.06 bits per heavy atom. The Labute approximate surface area is 724 Å². The van der Waals surface area contributed by atoms with E-state index in [1.54, 1.807) is 0 Å². The van der Waals surface area contributed by atoms with Crippen molar-refractivity contribution in [3.63, 3.8) is 0 Å². The standard InChI is InChI=1S/C54H60N8O2.C46H54N8O6/c1-5-59(6-2)49(35-15-11-9-12-16-35)53(63)61-44-28-39(44)30-46(61)51-55-32-43(57-51)34-21-19-33(20-22-34)37-23-25-41-38(27-37)24-26-42-48(41)58-52(56-42)47-31-40-29-45(40)62(47)54(64)50(60(7-3)8-4)36-17-13-10-14-18-36;1-21(2)37(51-45(57)59-5)43(55)53-33-17-27(33)19-35(53)41-47-31-13-9-25-15-23(7-11-29(25)39(31)49-41)24-8-12-30-26(16-24)10-14-32-40(30)50-42(48-32)36-20-28-18-34(28)54(36)44(56)38(22(3)4)52-46(58)60-6/h9-23,25,27,32,39-40,44-47,49-50H,5-8,24,26,28-31H2,1-4H3,(H,55,57)(H,56,58);7-8,11-12,15-16,21-22,27-28,33-38H,9-10,13-14,17-20H2,1-6H3,(H,47,49)(H,48,50)(H,51,57)(H,52,58)/t39-,40-,44-,45-,46+,47+,49-,50-;27-,28-,33-,34-,35+,36+,37+,38+/m11/s1. The van der Waals surface area contributed by atoms with Gasteiger partial charge in [0.25, 0.3) is 0 Å². The van der Waals surface area contributed by atoms with Crippen LogP contribution in [0.25, 0.3) is 67.3 Å². The van der Waals surface area contributed by atoms with Gasteiger partial charge in [-0.25, -0.2) is 29.5 Å². The maximum Gasteiger partial charge on any atom is 0.407 e. The Kier molecular flexibility index (Phi) is 21.2. The highest BCUT2D eigenvalue weighted by Gasteiger charge is 2.61. The smallest absolute Gasteiger partial charge is 0.407 e. The number of piperidine rings is 4. The number of fused-ring (bicyclic) bond motifs is 13.